The van der Waals surface area contributed by atoms with Gasteiger partial charge in [0.15, 0.2) is 0 Å². The van der Waals surface area contributed by atoms with Crippen LogP contribution in [0.25, 0.3) is 0 Å². The molecule has 15 heavy (non-hydrogen) atoms. The first-order chi connectivity index (χ1) is 7.25. The molecule has 78 valence electrons. The Hall–Kier alpha value is -0.850. The average molecular weight is 257 g/mol. The summed E-state index contributed by atoms with van der Waals surface area (Å²) in [6, 6.07) is 1.70. The Morgan fingerprint density at radius 2 is 2.40 bits per heavy atom. The average Bonchev–Trinajstić information content (AvgIpc) is 2.86. The van der Waals surface area contributed by atoms with E-state index in [1.54, 1.807) is 35.4 Å². The van der Waals surface area contributed by atoms with Crippen LogP contribution in [0.5, 0.6) is 0 Å². The van der Waals surface area contributed by atoms with Gasteiger partial charge in [-0.25, -0.2) is 9.78 Å². The van der Waals surface area contributed by atoms with Crippen LogP contribution in [-0.4, -0.2) is 16.1 Å². The monoisotopic (exact) mass is 257 g/mol. The maximum atomic E-state index is 10.6. The van der Waals surface area contributed by atoms with Crippen molar-refractivity contribution < 1.29 is 9.90 Å². The van der Waals surface area contributed by atoms with Crippen molar-refractivity contribution in [2.24, 2.45) is 0 Å². The van der Waals surface area contributed by atoms with Crippen LogP contribution in [0.4, 0.5) is 0 Å². The van der Waals surface area contributed by atoms with Crippen molar-refractivity contribution in [3.8, 4) is 0 Å². The van der Waals surface area contributed by atoms with Crippen LogP contribution >= 0.6 is 34.4 Å². The van der Waals surface area contributed by atoms with Crippen LogP contribution in [0.15, 0.2) is 27.9 Å². The molecule has 0 atom stereocenters. The van der Waals surface area contributed by atoms with Crippen molar-refractivity contribution in [2.45, 2.75) is 10.6 Å². The third-order valence-electron chi connectivity index (χ3n) is 1.63. The molecule has 2 aromatic rings. The normalized spacial score (nSPS) is 10.4. The number of nitrogens with zero attached hydrogens (tertiary/aromatic N) is 1. The van der Waals surface area contributed by atoms with E-state index < -0.39 is 5.97 Å². The van der Waals surface area contributed by atoms with Gasteiger partial charge in [-0.15, -0.1) is 34.4 Å². The lowest BCUT2D eigenvalue weighted by Gasteiger charge is -1.93. The van der Waals surface area contributed by atoms with Gasteiger partial charge in [0.25, 0.3) is 0 Å². The van der Waals surface area contributed by atoms with E-state index in [1.165, 1.54) is 11.3 Å². The quantitative estimate of drug-likeness (QED) is 0.855. The number of aromatic nitrogens is 1. The molecule has 0 aromatic carbocycles. The maximum Gasteiger partial charge on any atom is 0.345 e. The van der Waals surface area contributed by atoms with Gasteiger partial charge < -0.3 is 5.11 Å². The molecule has 2 heterocycles. The molecule has 0 aliphatic rings. The second kappa shape index (κ2) is 4.78. The minimum absolute atomic E-state index is 0.386. The number of hydrogen-bond donors (Lipinski definition) is 1. The standard InChI is InChI=1S/C9H7NO2S3/c11-9(12)7-3-6(4-15-7)14-5-8-10-1-2-13-8/h1-4H,5H2,(H,11,12). The first-order valence-corrected chi connectivity index (χ1v) is 6.83. The topological polar surface area (TPSA) is 50.2 Å². The molecular weight excluding hydrogens is 250 g/mol. The van der Waals surface area contributed by atoms with Crippen molar-refractivity contribution in [3.63, 3.8) is 0 Å². The Bertz CT molecular complexity index is 450. The molecule has 0 unspecified atom stereocenters. The fourth-order valence-electron chi connectivity index (χ4n) is 0.976. The van der Waals surface area contributed by atoms with Gasteiger partial charge in [0.2, 0.25) is 0 Å². The second-order valence-electron chi connectivity index (χ2n) is 2.67. The number of carbonyl (C=O) groups is 1. The van der Waals surface area contributed by atoms with Gasteiger partial charge >= 0.3 is 5.97 Å². The molecule has 0 fully saturated rings. The Labute approximate surface area is 98.8 Å². The SMILES string of the molecule is O=C(O)c1cc(SCc2nccs2)cs1. The number of thiophene rings is 1. The van der Waals surface area contributed by atoms with Gasteiger partial charge in [-0.05, 0) is 6.07 Å². The van der Waals surface area contributed by atoms with E-state index in [1.807, 2.05) is 10.8 Å². The van der Waals surface area contributed by atoms with Crippen molar-refractivity contribution in [2.75, 3.05) is 0 Å². The summed E-state index contributed by atoms with van der Waals surface area (Å²) in [5, 5.41) is 13.6. The first kappa shape index (κ1) is 10.7. The summed E-state index contributed by atoms with van der Waals surface area (Å²) >= 11 is 4.48. The maximum absolute atomic E-state index is 10.6. The van der Waals surface area contributed by atoms with Crippen LogP contribution in [0.3, 0.4) is 0 Å². The van der Waals surface area contributed by atoms with E-state index in [-0.39, 0.29) is 0 Å². The van der Waals surface area contributed by atoms with Crippen LogP contribution in [-0.2, 0) is 5.75 Å². The smallest absolute Gasteiger partial charge is 0.345 e. The summed E-state index contributed by atoms with van der Waals surface area (Å²) in [6.07, 6.45) is 1.77. The zero-order valence-corrected chi connectivity index (χ0v) is 9.99. The Morgan fingerprint density at radius 1 is 1.53 bits per heavy atom. The highest BCUT2D eigenvalue weighted by molar-refractivity contribution is 7.98. The third-order valence-corrected chi connectivity index (χ3v) is 4.65. The zero-order chi connectivity index (χ0) is 10.7. The molecule has 0 spiro atoms. The van der Waals surface area contributed by atoms with Crippen molar-refractivity contribution >= 4 is 40.4 Å². The lowest BCUT2D eigenvalue weighted by atomic mass is 10.5. The van der Waals surface area contributed by atoms with E-state index in [2.05, 4.69) is 4.98 Å². The molecule has 2 rings (SSSR count). The van der Waals surface area contributed by atoms with Gasteiger partial charge in [-0.2, -0.15) is 0 Å². The summed E-state index contributed by atoms with van der Waals surface area (Å²) in [4.78, 5) is 16.2. The minimum Gasteiger partial charge on any atom is -0.477 e. The predicted molar refractivity (Wildman–Crippen MR) is 63.0 cm³/mol. The number of rotatable bonds is 4. The summed E-state index contributed by atoms with van der Waals surface area (Å²) in [5.74, 6) is -0.0610. The predicted octanol–water partition coefficient (Wildman–Crippen LogP) is 3.20. The number of carboxylic acids is 1. The number of aromatic carboxylic acids is 1. The highest BCUT2D eigenvalue weighted by Gasteiger charge is 2.07. The van der Waals surface area contributed by atoms with Crippen molar-refractivity contribution in [1.82, 2.24) is 4.98 Å². The van der Waals surface area contributed by atoms with E-state index in [9.17, 15) is 4.79 Å². The molecule has 6 heteroatoms. The molecule has 0 radical (unpaired) electrons. The summed E-state index contributed by atoms with van der Waals surface area (Å²) in [6.45, 7) is 0. The summed E-state index contributed by atoms with van der Waals surface area (Å²) in [5.41, 5.74) is 0. The lowest BCUT2D eigenvalue weighted by Crippen LogP contribution is -1.89. The number of carboxylic acid groups (broad SMARTS) is 1. The highest BCUT2D eigenvalue weighted by Crippen LogP contribution is 2.28. The summed E-state index contributed by atoms with van der Waals surface area (Å²) in [7, 11) is 0. The Kier molecular flexibility index (Phi) is 3.40. The molecule has 0 amide bonds. The lowest BCUT2D eigenvalue weighted by molar-refractivity contribution is 0.0702. The van der Waals surface area contributed by atoms with E-state index in [0.717, 1.165) is 15.7 Å². The number of thioether (sulfide) groups is 1. The van der Waals surface area contributed by atoms with Crippen LogP contribution in [0, 0.1) is 0 Å². The molecule has 0 aliphatic carbocycles. The van der Waals surface area contributed by atoms with E-state index in [4.69, 9.17) is 5.11 Å². The van der Waals surface area contributed by atoms with E-state index in [0.29, 0.717) is 4.88 Å². The Balaban J connectivity index is 1.96. The molecule has 2 aromatic heterocycles. The Morgan fingerprint density at radius 3 is 3.00 bits per heavy atom. The molecule has 0 saturated heterocycles. The summed E-state index contributed by atoms with van der Waals surface area (Å²) < 4.78 is 0. The van der Waals surface area contributed by atoms with Gasteiger partial charge in [-0.1, -0.05) is 0 Å². The molecule has 0 bridgehead atoms. The van der Waals surface area contributed by atoms with Crippen molar-refractivity contribution in [3.05, 3.63) is 32.9 Å². The molecular formula is C9H7NO2S3. The van der Waals surface area contributed by atoms with Gasteiger partial charge in [0.05, 0.1) is 5.75 Å². The van der Waals surface area contributed by atoms with Crippen molar-refractivity contribution in [1.29, 1.82) is 0 Å². The third kappa shape index (κ3) is 2.80. The van der Waals surface area contributed by atoms with Crippen LogP contribution < -0.4 is 0 Å². The first-order valence-electron chi connectivity index (χ1n) is 4.08. The van der Waals surface area contributed by atoms with Gasteiger partial charge in [0, 0.05) is 21.9 Å². The number of thiazole rings is 1. The molecule has 0 saturated carbocycles. The fourth-order valence-corrected chi connectivity index (χ4v) is 3.49. The zero-order valence-electron chi connectivity index (χ0n) is 7.54. The van der Waals surface area contributed by atoms with Gasteiger partial charge in [-0.3, -0.25) is 0 Å². The minimum atomic E-state index is -0.860. The molecule has 1 N–H and O–H groups in total. The van der Waals surface area contributed by atoms with Crippen LogP contribution in [0.1, 0.15) is 14.7 Å². The van der Waals surface area contributed by atoms with Crippen LogP contribution in [0.2, 0.25) is 0 Å². The fraction of sp³-hybridized carbons (Fsp3) is 0.111. The highest BCUT2D eigenvalue weighted by atomic mass is 32.2. The van der Waals surface area contributed by atoms with E-state index >= 15 is 0 Å². The molecule has 3 nitrogen and oxygen atoms in total. The molecule has 0 aliphatic heterocycles. The van der Waals surface area contributed by atoms with Gasteiger partial charge in [0.1, 0.15) is 9.88 Å². The second-order valence-corrected chi connectivity index (χ2v) is 5.61. The largest absolute Gasteiger partial charge is 0.477 e. The number of hydrogen-bond acceptors (Lipinski definition) is 5.